The second kappa shape index (κ2) is 6.88. The van der Waals surface area contributed by atoms with Gasteiger partial charge in [0.25, 0.3) is 0 Å². The Bertz CT molecular complexity index is 844. The number of aromatic nitrogens is 3. The van der Waals surface area contributed by atoms with E-state index in [0.717, 1.165) is 55.2 Å². The number of nitrogens with one attached hydrogen (secondary N) is 1. The van der Waals surface area contributed by atoms with E-state index in [1.165, 1.54) is 0 Å². The average Bonchev–Trinajstić information content (AvgIpc) is 3.20. The molecule has 1 aliphatic heterocycles. The Morgan fingerprint density at radius 1 is 1.24 bits per heavy atom. The maximum Gasteiger partial charge on any atom is 0.204 e. The Kier molecular flexibility index (Phi) is 4.44. The van der Waals surface area contributed by atoms with Gasteiger partial charge in [-0.25, -0.2) is 9.97 Å². The number of aryl methyl sites for hydroxylation is 1. The summed E-state index contributed by atoms with van der Waals surface area (Å²) in [6.45, 7) is 8.17. The Morgan fingerprint density at radius 3 is 2.76 bits per heavy atom. The van der Waals surface area contributed by atoms with Gasteiger partial charge in [0.15, 0.2) is 5.89 Å². The minimum atomic E-state index is 0.467. The number of fused-ring (bicyclic) bond motifs is 1. The molecule has 0 unspecified atom stereocenters. The number of imidazole rings is 1. The first-order chi connectivity index (χ1) is 12.2. The Hall–Kier alpha value is -2.34. The van der Waals surface area contributed by atoms with Crippen molar-refractivity contribution < 1.29 is 4.42 Å². The normalized spacial score (nSPS) is 16.6. The molecule has 1 aromatic carbocycles. The lowest BCUT2D eigenvalue weighted by molar-refractivity contribution is 0.229. The van der Waals surface area contributed by atoms with Crippen LogP contribution in [0.2, 0.25) is 0 Å². The van der Waals surface area contributed by atoms with Crippen LogP contribution in [0.4, 0.5) is 5.95 Å². The van der Waals surface area contributed by atoms with Crippen molar-refractivity contribution in [3.05, 3.63) is 42.1 Å². The van der Waals surface area contributed by atoms with Crippen molar-refractivity contribution in [1.82, 2.24) is 19.4 Å². The molecule has 3 aromatic rings. The van der Waals surface area contributed by atoms with Gasteiger partial charge < -0.3 is 19.2 Å². The van der Waals surface area contributed by atoms with Gasteiger partial charge in [-0.3, -0.25) is 0 Å². The van der Waals surface area contributed by atoms with E-state index in [2.05, 4.69) is 44.9 Å². The fourth-order valence-corrected chi connectivity index (χ4v) is 3.56. The average molecular weight is 339 g/mol. The molecular formula is C19H25N5O. The van der Waals surface area contributed by atoms with E-state index in [1.54, 1.807) is 6.20 Å². The molecule has 0 spiro atoms. The number of para-hydroxylation sites is 2. The molecule has 1 fully saturated rings. The SMILES string of the molecule is CCN1CCC(Nc2nc3ccccc3n2Cc2cnc(C)o2)CC1. The molecule has 0 atom stereocenters. The van der Waals surface area contributed by atoms with Crippen molar-refractivity contribution in [2.75, 3.05) is 25.0 Å². The van der Waals surface area contributed by atoms with E-state index in [-0.39, 0.29) is 0 Å². The molecule has 2 aromatic heterocycles. The summed E-state index contributed by atoms with van der Waals surface area (Å²) in [6.07, 6.45) is 4.10. The minimum absolute atomic E-state index is 0.467. The maximum atomic E-state index is 5.69. The monoisotopic (exact) mass is 339 g/mol. The second-order valence-corrected chi connectivity index (χ2v) is 6.71. The van der Waals surface area contributed by atoms with Crippen LogP contribution < -0.4 is 5.32 Å². The van der Waals surface area contributed by atoms with Crippen LogP contribution in [0, 0.1) is 6.92 Å². The largest absolute Gasteiger partial charge is 0.444 e. The number of likely N-dealkylation sites (tertiary alicyclic amines) is 1. The van der Waals surface area contributed by atoms with E-state index in [0.29, 0.717) is 18.5 Å². The number of nitrogens with zero attached hydrogens (tertiary/aromatic N) is 4. The van der Waals surface area contributed by atoms with Crippen LogP contribution in [0.15, 0.2) is 34.9 Å². The van der Waals surface area contributed by atoms with Gasteiger partial charge in [-0.2, -0.15) is 0 Å². The van der Waals surface area contributed by atoms with Crippen LogP contribution >= 0.6 is 0 Å². The van der Waals surface area contributed by atoms with E-state index in [1.807, 2.05) is 13.0 Å². The molecule has 3 heterocycles. The fraction of sp³-hybridized carbons (Fsp3) is 0.474. The summed E-state index contributed by atoms with van der Waals surface area (Å²) in [5.74, 6) is 2.47. The molecule has 0 bridgehead atoms. The summed E-state index contributed by atoms with van der Waals surface area (Å²) >= 11 is 0. The minimum Gasteiger partial charge on any atom is -0.444 e. The summed E-state index contributed by atoms with van der Waals surface area (Å²) in [5.41, 5.74) is 2.12. The van der Waals surface area contributed by atoms with Gasteiger partial charge in [0.2, 0.25) is 5.95 Å². The predicted octanol–water partition coefficient (Wildman–Crippen LogP) is 3.28. The van der Waals surface area contributed by atoms with Gasteiger partial charge >= 0.3 is 0 Å². The van der Waals surface area contributed by atoms with E-state index in [4.69, 9.17) is 9.40 Å². The molecular weight excluding hydrogens is 314 g/mol. The lowest BCUT2D eigenvalue weighted by Gasteiger charge is -2.31. The van der Waals surface area contributed by atoms with Crippen molar-refractivity contribution in [2.24, 2.45) is 0 Å². The molecule has 0 radical (unpaired) electrons. The van der Waals surface area contributed by atoms with Crippen LogP contribution in [0.3, 0.4) is 0 Å². The van der Waals surface area contributed by atoms with E-state index in [9.17, 15) is 0 Å². The highest BCUT2D eigenvalue weighted by Crippen LogP contribution is 2.24. The third-order valence-corrected chi connectivity index (χ3v) is 5.01. The maximum absolute atomic E-state index is 5.69. The molecule has 1 N–H and O–H groups in total. The molecule has 0 aliphatic carbocycles. The van der Waals surface area contributed by atoms with Crippen LogP contribution in [0.1, 0.15) is 31.4 Å². The molecule has 0 saturated carbocycles. The number of hydrogen-bond donors (Lipinski definition) is 1. The Balaban J connectivity index is 1.60. The zero-order valence-corrected chi connectivity index (χ0v) is 14.9. The van der Waals surface area contributed by atoms with Crippen LogP contribution in [-0.2, 0) is 6.54 Å². The summed E-state index contributed by atoms with van der Waals surface area (Å²) in [4.78, 5) is 11.5. The van der Waals surface area contributed by atoms with Crippen molar-refractivity contribution in [3.8, 4) is 0 Å². The molecule has 1 aliphatic rings. The first-order valence-electron chi connectivity index (χ1n) is 9.08. The highest BCUT2D eigenvalue weighted by molar-refractivity contribution is 5.78. The number of hydrogen-bond acceptors (Lipinski definition) is 5. The highest BCUT2D eigenvalue weighted by atomic mass is 16.4. The molecule has 25 heavy (non-hydrogen) atoms. The van der Waals surface area contributed by atoms with Gasteiger partial charge in [0, 0.05) is 26.1 Å². The zero-order valence-electron chi connectivity index (χ0n) is 14.9. The summed E-state index contributed by atoms with van der Waals surface area (Å²) in [6, 6.07) is 8.71. The molecule has 6 nitrogen and oxygen atoms in total. The Morgan fingerprint density at radius 2 is 2.04 bits per heavy atom. The van der Waals surface area contributed by atoms with Crippen molar-refractivity contribution in [3.63, 3.8) is 0 Å². The first kappa shape index (κ1) is 16.1. The fourth-order valence-electron chi connectivity index (χ4n) is 3.56. The third kappa shape index (κ3) is 3.39. The standard InChI is InChI=1S/C19H25N5O/c1-3-23-10-8-15(9-11-23)21-19-22-17-6-4-5-7-18(17)24(19)13-16-12-20-14(2)25-16/h4-7,12,15H,3,8-11,13H2,1-2H3,(H,21,22). The number of benzene rings is 1. The quantitative estimate of drug-likeness (QED) is 0.773. The molecule has 0 amide bonds. The van der Waals surface area contributed by atoms with Crippen LogP contribution in [0.25, 0.3) is 11.0 Å². The van der Waals surface area contributed by atoms with Crippen molar-refractivity contribution >= 4 is 17.0 Å². The van der Waals surface area contributed by atoms with E-state index >= 15 is 0 Å². The third-order valence-electron chi connectivity index (χ3n) is 5.01. The molecule has 4 rings (SSSR count). The van der Waals surface area contributed by atoms with Gasteiger partial charge in [-0.05, 0) is 31.5 Å². The van der Waals surface area contributed by atoms with Gasteiger partial charge in [0.05, 0.1) is 23.8 Å². The van der Waals surface area contributed by atoms with Gasteiger partial charge in [-0.15, -0.1) is 0 Å². The second-order valence-electron chi connectivity index (χ2n) is 6.71. The topological polar surface area (TPSA) is 59.1 Å². The smallest absolute Gasteiger partial charge is 0.204 e. The first-order valence-corrected chi connectivity index (χ1v) is 9.08. The summed E-state index contributed by atoms with van der Waals surface area (Å²) in [7, 11) is 0. The van der Waals surface area contributed by atoms with Crippen molar-refractivity contribution in [1.29, 1.82) is 0 Å². The van der Waals surface area contributed by atoms with Crippen molar-refractivity contribution in [2.45, 2.75) is 39.3 Å². The number of rotatable bonds is 5. The lowest BCUT2D eigenvalue weighted by Crippen LogP contribution is -2.39. The zero-order chi connectivity index (χ0) is 17.2. The van der Waals surface area contributed by atoms with E-state index < -0.39 is 0 Å². The summed E-state index contributed by atoms with van der Waals surface area (Å²) in [5, 5.41) is 3.67. The number of anilines is 1. The Labute approximate surface area is 147 Å². The number of oxazole rings is 1. The summed E-state index contributed by atoms with van der Waals surface area (Å²) < 4.78 is 7.88. The predicted molar refractivity (Wildman–Crippen MR) is 98.8 cm³/mol. The van der Waals surface area contributed by atoms with Crippen LogP contribution in [-0.4, -0.2) is 45.1 Å². The molecule has 6 heteroatoms. The van der Waals surface area contributed by atoms with Crippen LogP contribution in [0.5, 0.6) is 0 Å². The number of piperidine rings is 1. The van der Waals surface area contributed by atoms with Gasteiger partial charge in [0.1, 0.15) is 5.76 Å². The molecule has 1 saturated heterocycles. The van der Waals surface area contributed by atoms with Gasteiger partial charge in [-0.1, -0.05) is 19.1 Å². The molecule has 132 valence electrons. The lowest BCUT2D eigenvalue weighted by atomic mass is 10.1. The highest BCUT2D eigenvalue weighted by Gasteiger charge is 2.21.